The van der Waals surface area contributed by atoms with E-state index in [0.29, 0.717) is 36.8 Å². The monoisotopic (exact) mass is 488 g/mol. The Labute approximate surface area is 206 Å². The summed E-state index contributed by atoms with van der Waals surface area (Å²) in [6.45, 7) is 0. The minimum Gasteiger partial charge on any atom is -0.504 e. The van der Waals surface area contributed by atoms with Crippen molar-refractivity contribution in [2.45, 2.75) is 25.7 Å². The Morgan fingerprint density at radius 3 is 1.17 bits per heavy atom. The summed E-state index contributed by atoms with van der Waals surface area (Å²) in [5.41, 5.74) is 2.93. The van der Waals surface area contributed by atoms with E-state index < -0.39 is 11.5 Å². The van der Waals surface area contributed by atoms with Gasteiger partial charge in [0, 0.05) is 0 Å². The van der Waals surface area contributed by atoms with Crippen LogP contribution < -0.4 is 9.47 Å². The maximum absolute atomic E-state index is 10.4. The summed E-state index contributed by atoms with van der Waals surface area (Å²) < 4.78 is 11.6. The first kappa shape index (κ1) is 23.0. The highest BCUT2D eigenvalue weighted by Gasteiger charge is 2.17. The van der Waals surface area contributed by atoms with Gasteiger partial charge in [-0.2, -0.15) is 0 Å². The zero-order valence-corrected chi connectivity index (χ0v) is 19.1. The van der Waals surface area contributed by atoms with Crippen LogP contribution in [0.5, 0.6) is 57.5 Å². The molecule has 4 aromatic rings. The normalized spacial score (nSPS) is 13.1. The molecule has 4 aromatic carbocycles. The van der Waals surface area contributed by atoms with Crippen LogP contribution in [0, 0.1) is 0 Å². The number of hydrogen-bond acceptors (Lipinski definition) is 8. The molecule has 1 aliphatic heterocycles. The third-order valence-corrected chi connectivity index (χ3v) is 6.12. The third kappa shape index (κ3) is 4.61. The topological polar surface area (TPSA) is 140 Å². The summed E-state index contributed by atoms with van der Waals surface area (Å²) in [7, 11) is 0. The van der Waals surface area contributed by atoms with E-state index in [1.807, 2.05) is 0 Å². The maximum atomic E-state index is 10.4. The molecule has 6 N–H and O–H groups in total. The molecule has 0 amide bonds. The second kappa shape index (κ2) is 9.14. The van der Waals surface area contributed by atoms with Gasteiger partial charge in [-0.05, 0) is 96.5 Å². The highest BCUT2D eigenvalue weighted by molar-refractivity contribution is 5.57. The van der Waals surface area contributed by atoms with Crippen LogP contribution >= 0.6 is 0 Å². The number of fused-ring (bicyclic) bond motifs is 8. The molecule has 8 heteroatoms. The zero-order chi connectivity index (χ0) is 25.4. The van der Waals surface area contributed by atoms with Crippen molar-refractivity contribution in [1.29, 1.82) is 0 Å². The van der Waals surface area contributed by atoms with E-state index in [0.717, 1.165) is 11.1 Å². The quantitative estimate of drug-likeness (QED) is 0.181. The molecule has 0 atom stereocenters. The first-order valence-corrected chi connectivity index (χ1v) is 11.4. The smallest absolute Gasteiger partial charge is 0.201 e. The van der Waals surface area contributed by atoms with Gasteiger partial charge < -0.3 is 40.1 Å². The zero-order valence-electron chi connectivity index (χ0n) is 19.1. The van der Waals surface area contributed by atoms with Gasteiger partial charge in [-0.15, -0.1) is 0 Å². The van der Waals surface area contributed by atoms with Crippen molar-refractivity contribution < 1.29 is 40.1 Å². The highest BCUT2D eigenvalue weighted by atomic mass is 16.5. The van der Waals surface area contributed by atoms with Crippen LogP contribution in [0.1, 0.15) is 22.3 Å². The second-order valence-electron chi connectivity index (χ2n) is 8.73. The molecule has 0 unspecified atom stereocenters. The number of phenols is 6. The summed E-state index contributed by atoms with van der Waals surface area (Å²) in [5.74, 6) is -1.62. The van der Waals surface area contributed by atoms with Crippen LogP contribution in [-0.2, 0) is 25.7 Å². The molecule has 0 fully saturated rings. The van der Waals surface area contributed by atoms with Crippen molar-refractivity contribution in [3.05, 3.63) is 82.9 Å². The van der Waals surface area contributed by atoms with Crippen LogP contribution in [0.4, 0.5) is 0 Å². The van der Waals surface area contributed by atoms with E-state index in [4.69, 9.17) is 9.47 Å². The van der Waals surface area contributed by atoms with E-state index >= 15 is 0 Å². The predicted octanol–water partition coefficient (Wildman–Crippen LogP) is 5.39. The summed E-state index contributed by atoms with van der Waals surface area (Å²) in [4.78, 5) is 0. The lowest BCUT2D eigenvalue weighted by Gasteiger charge is -2.15. The molecular weight excluding hydrogens is 464 g/mol. The second-order valence-corrected chi connectivity index (χ2v) is 8.73. The summed E-state index contributed by atoms with van der Waals surface area (Å²) >= 11 is 0. The Hall–Kier alpha value is -4.72. The number of ether oxygens (including phenoxy) is 2. The van der Waals surface area contributed by atoms with Crippen LogP contribution in [0.2, 0.25) is 0 Å². The fraction of sp³-hybridized carbons (Fsp3) is 0.143. The molecular formula is C28H24O8. The van der Waals surface area contributed by atoms with E-state index in [1.54, 1.807) is 36.4 Å². The maximum Gasteiger partial charge on any atom is 0.201 e. The van der Waals surface area contributed by atoms with Gasteiger partial charge in [0.1, 0.15) is 0 Å². The predicted molar refractivity (Wildman–Crippen MR) is 131 cm³/mol. The molecule has 8 bridgehead atoms. The Kier molecular flexibility index (Phi) is 5.85. The van der Waals surface area contributed by atoms with Gasteiger partial charge >= 0.3 is 0 Å². The first-order valence-electron chi connectivity index (χ1n) is 11.4. The van der Waals surface area contributed by atoms with Gasteiger partial charge in [0.05, 0.1) is 0 Å². The number of hydrogen-bond donors (Lipinski definition) is 6. The molecule has 0 aromatic heterocycles. The molecule has 5 rings (SSSR count). The molecule has 0 saturated carbocycles. The van der Waals surface area contributed by atoms with Gasteiger partial charge in [-0.1, -0.05) is 12.1 Å². The lowest BCUT2D eigenvalue weighted by atomic mass is 10.0. The van der Waals surface area contributed by atoms with Crippen LogP contribution in [0.3, 0.4) is 0 Å². The molecule has 1 heterocycles. The van der Waals surface area contributed by atoms with E-state index in [2.05, 4.69) is 0 Å². The Balaban J connectivity index is 1.61. The van der Waals surface area contributed by atoms with Gasteiger partial charge in [0.15, 0.2) is 46.0 Å². The molecule has 184 valence electrons. The van der Waals surface area contributed by atoms with Gasteiger partial charge in [0.25, 0.3) is 0 Å². The van der Waals surface area contributed by atoms with Crippen LogP contribution in [-0.4, -0.2) is 30.6 Å². The number of rotatable bonds is 0. The van der Waals surface area contributed by atoms with Crippen molar-refractivity contribution in [1.82, 2.24) is 0 Å². The lowest BCUT2D eigenvalue weighted by molar-refractivity contribution is 0.360. The summed E-state index contributed by atoms with van der Waals surface area (Å²) in [6, 6.07) is 15.7. The molecule has 0 saturated heterocycles. The lowest BCUT2D eigenvalue weighted by Crippen LogP contribution is -1.97. The van der Waals surface area contributed by atoms with E-state index in [9.17, 15) is 30.6 Å². The van der Waals surface area contributed by atoms with Crippen molar-refractivity contribution in [3.63, 3.8) is 0 Å². The Morgan fingerprint density at radius 2 is 0.750 bits per heavy atom. The Bertz CT molecular complexity index is 1350. The fourth-order valence-electron chi connectivity index (χ4n) is 4.15. The average Bonchev–Trinajstić information content (AvgIpc) is 2.85. The minimum atomic E-state index is -0.439. The first-order chi connectivity index (χ1) is 17.3. The van der Waals surface area contributed by atoms with Crippen molar-refractivity contribution >= 4 is 0 Å². The molecule has 1 aliphatic rings. The number of phenolic OH excluding ortho intramolecular Hbond substituents is 6. The molecule has 0 aliphatic carbocycles. The number of benzene rings is 4. The molecule has 36 heavy (non-hydrogen) atoms. The fourth-order valence-corrected chi connectivity index (χ4v) is 4.15. The minimum absolute atomic E-state index is 0.00129. The number of aryl methyl sites for hydroxylation is 4. The highest BCUT2D eigenvalue weighted by Crippen LogP contribution is 2.44. The van der Waals surface area contributed by atoms with Crippen molar-refractivity contribution in [2.75, 3.05) is 0 Å². The van der Waals surface area contributed by atoms with Crippen molar-refractivity contribution in [2.24, 2.45) is 0 Å². The largest absolute Gasteiger partial charge is 0.504 e. The third-order valence-electron chi connectivity index (χ3n) is 6.12. The average molecular weight is 488 g/mol. The molecule has 0 radical (unpaired) electrons. The van der Waals surface area contributed by atoms with E-state index in [-0.39, 0.29) is 46.0 Å². The van der Waals surface area contributed by atoms with E-state index in [1.165, 1.54) is 24.3 Å². The molecule has 8 nitrogen and oxygen atoms in total. The van der Waals surface area contributed by atoms with Crippen LogP contribution in [0.25, 0.3) is 0 Å². The summed E-state index contributed by atoms with van der Waals surface area (Å²) in [6.07, 6.45) is 1.86. The standard InChI is InChI=1S/C28H24O8/c29-19-7-5-15-1-3-17-9-21(31)27(33)25(13-17)36-24-12-16(6-8-20(24)30)2-4-18-10-22(32)28(34)26(14-18)35-23(19)11-15/h5-14,29-34H,1-4H2. The Morgan fingerprint density at radius 1 is 0.389 bits per heavy atom. The van der Waals surface area contributed by atoms with Crippen LogP contribution in [0.15, 0.2) is 60.7 Å². The SMILES string of the molecule is Oc1ccc2cc1Oc1cc(cc(O)c1O)CCc1ccc(O)c(c1)Oc1cc(cc(O)c1O)CC2. The summed E-state index contributed by atoms with van der Waals surface area (Å²) in [5, 5.41) is 61.9. The van der Waals surface area contributed by atoms with Gasteiger partial charge in [-0.25, -0.2) is 0 Å². The molecule has 0 spiro atoms. The van der Waals surface area contributed by atoms with Gasteiger partial charge in [-0.3, -0.25) is 0 Å². The van der Waals surface area contributed by atoms with Crippen molar-refractivity contribution in [3.8, 4) is 57.5 Å². The van der Waals surface area contributed by atoms with Gasteiger partial charge in [0.2, 0.25) is 11.5 Å². The number of aromatic hydroxyl groups is 6.